The Labute approximate surface area is 446 Å². The third-order valence-electron chi connectivity index (χ3n) is 16.5. The topological polar surface area (TPSA) is 11.4 Å². The number of hydrogen-bond donors (Lipinski definition) is 0. The maximum atomic E-state index is 2.43. The van der Waals surface area contributed by atoms with Gasteiger partial charge in [-0.3, -0.25) is 0 Å². The first kappa shape index (κ1) is 45.4. The van der Waals surface area contributed by atoms with Gasteiger partial charge in [-0.2, -0.15) is 0 Å². The predicted molar refractivity (Wildman–Crippen MR) is 320 cm³/mol. The number of anilines is 6. The van der Waals surface area contributed by atoms with E-state index in [4.69, 9.17) is 0 Å². The van der Waals surface area contributed by atoms with Gasteiger partial charge in [0.15, 0.2) is 0 Å². The fourth-order valence-electron chi connectivity index (χ4n) is 12.9. The third kappa shape index (κ3) is 8.35. The first-order chi connectivity index (χ1) is 37.7. The van der Waals surface area contributed by atoms with E-state index in [0.717, 1.165) is 51.5 Å². The molecular formula is C73H57N3. The van der Waals surface area contributed by atoms with Gasteiger partial charge in [-0.15, -0.1) is 0 Å². The van der Waals surface area contributed by atoms with Crippen LogP contribution in [0.4, 0.5) is 34.1 Å². The Morgan fingerprint density at radius 1 is 0.303 bits per heavy atom. The molecular weight excluding hydrogens is 919 g/mol. The van der Waals surface area contributed by atoms with Crippen LogP contribution >= 0.6 is 0 Å². The summed E-state index contributed by atoms with van der Waals surface area (Å²) in [7, 11) is 0. The molecule has 2 fully saturated rings. The molecule has 11 aromatic carbocycles. The first-order valence-corrected chi connectivity index (χ1v) is 27.1. The minimum absolute atomic E-state index is 0.709. The molecule has 2 aliphatic carbocycles. The van der Waals surface area contributed by atoms with Crippen molar-refractivity contribution in [3.63, 3.8) is 0 Å². The number of nitrogens with zero attached hydrogens (tertiary/aromatic N) is 3. The highest BCUT2D eigenvalue weighted by Crippen LogP contribution is 2.53. The van der Waals surface area contributed by atoms with Crippen LogP contribution < -0.4 is 9.80 Å². The van der Waals surface area contributed by atoms with Gasteiger partial charge in [0.1, 0.15) is 0 Å². The van der Waals surface area contributed by atoms with Gasteiger partial charge in [0.05, 0.1) is 11.0 Å². The van der Waals surface area contributed by atoms with Gasteiger partial charge < -0.3 is 14.4 Å². The summed E-state index contributed by atoms with van der Waals surface area (Å²) in [5, 5.41) is 2.47. The minimum Gasteiger partial charge on any atom is -0.311 e. The lowest BCUT2D eigenvalue weighted by Gasteiger charge is -2.27. The average Bonchev–Trinajstić information content (AvgIpc) is 4.31. The third-order valence-corrected chi connectivity index (χ3v) is 16.5. The van der Waals surface area contributed by atoms with Gasteiger partial charge >= 0.3 is 0 Å². The molecule has 0 spiro atoms. The summed E-state index contributed by atoms with van der Waals surface area (Å²) in [5.74, 6) is 2.49. The molecule has 76 heavy (non-hydrogen) atoms. The highest BCUT2D eigenvalue weighted by Gasteiger charge is 2.40. The number of fused-ring (bicyclic) bond motifs is 5. The molecule has 3 unspecified atom stereocenters. The highest BCUT2D eigenvalue weighted by atomic mass is 15.1. The lowest BCUT2D eigenvalue weighted by Crippen LogP contribution is -2.11. The second kappa shape index (κ2) is 19.6. The van der Waals surface area contributed by atoms with Crippen molar-refractivity contribution in [2.24, 2.45) is 11.8 Å². The molecule has 0 radical (unpaired) electrons. The van der Waals surface area contributed by atoms with E-state index in [2.05, 4.69) is 293 Å². The molecule has 1 heterocycles. The van der Waals surface area contributed by atoms with Crippen LogP contribution in [0, 0.1) is 11.8 Å². The fraction of sp³-hybridized carbons (Fsp3) is 0.0959. The van der Waals surface area contributed by atoms with Gasteiger partial charge in [-0.1, -0.05) is 182 Å². The van der Waals surface area contributed by atoms with E-state index in [1.54, 1.807) is 0 Å². The van der Waals surface area contributed by atoms with Crippen molar-refractivity contribution in [3.05, 3.63) is 285 Å². The Bertz CT molecular complexity index is 3960. The normalized spacial score (nSPS) is 15.8. The van der Waals surface area contributed by atoms with Crippen molar-refractivity contribution in [2.75, 3.05) is 9.80 Å². The largest absolute Gasteiger partial charge is 0.311 e. The molecule has 2 aliphatic rings. The van der Waals surface area contributed by atoms with E-state index < -0.39 is 0 Å². The van der Waals surface area contributed by atoms with Crippen molar-refractivity contribution in [1.82, 2.24) is 4.57 Å². The van der Waals surface area contributed by atoms with Gasteiger partial charge in [0.2, 0.25) is 0 Å². The summed E-state index contributed by atoms with van der Waals surface area (Å²) < 4.78 is 2.39. The highest BCUT2D eigenvalue weighted by molar-refractivity contribution is 6.10. The smallest absolute Gasteiger partial charge is 0.0561 e. The summed E-state index contributed by atoms with van der Waals surface area (Å²) in [6.07, 6.45) is 5.59. The molecule has 0 aliphatic heterocycles. The summed E-state index contributed by atoms with van der Waals surface area (Å²) in [6.45, 7) is 0. The number of benzene rings is 11. The Kier molecular flexibility index (Phi) is 11.7. The van der Waals surface area contributed by atoms with Crippen LogP contribution in [0.1, 0.15) is 37.2 Å². The molecule has 14 rings (SSSR count). The van der Waals surface area contributed by atoms with Gasteiger partial charge in [0, 0.05) is 50.6 Å². The molecule has 2 saturated carbocycles. The van der Waals surface area contributed by atoms with Crippen molar-refractivity contribution >= 4 is 55.9 Å². The molecule has 0 saturated heterocycles. The zero-order valence-corrected chi connectivity index (χ0v) is 42.5. The number of hydrogen-bond acceptors (Lipinski definition) is 2. The maximum Gasteiger partial charge on any atom is 0.0561 e. The van der Waals surface area contributed by atoms with Crippen LogP contribution in [-0.4, -0.2) is 4.57 Å². The second-order valence-corrected chi connectivity index (χ2v) is 20.9. The van der Waals surface area contributed by atoms with E-state index in [-0.39, 0.29) is 0 Å². The lowest BCUT2D eigenvalue weighted by molar-refractivity contribution is 0.420. The molecule has 3 atom stereocenters. The molecule has 0 N–H and O–H groups in total. The quantitative estimate of drug-likeness (QED) is 0.121. The van der Waals surface area contributed by atoms with E-state index in [9.17, 15) is 0 Å². The summed E-state index contributed by atoms with van der Waals surface area (Å²) >= 11 is 0. The van der Waals surface area contributed by atoms with Crippen molar-refractivity contribution in [3.8, 4) is 50.2 Å². The Morgan fingerprint density at radius 2 is 0.711 bits per heavy atom. The number of rotatable bonds is 12. The van der Waals surface area contributed by atoms with Gasteiger partial charge in [-0.25, -0.2) is 0 Å². The summed E-state index contributed by atoms with van der Waals surface area (Å²) in [4.78, 5) is 4.78. The van der Waals surface area contributed by atoms with Crippen molar-refractivity contribution in [1.29, 1.82) is 0 Å². The van der Waals surface area contributed by atoms with Crippen molar-refractivity contribution in [2.45, 2.75) is 31.6 Å². The monoisotopic (exact) mass is 975 g/mol. The van der Waals surface area contributed by atoms with E-state index in [0.29, 0.717) is 5.92 Å². The zero-order valence-electron chi connectivity index (χ0n) is 42.5. The van der Waals surface area contributed by atoms with E-state index in [1.165, 1.54) is 97.7 Å². The SMILES string of the molecule is c1ccc(-c2cc(-c3ccc(N(c4ccccc4)c4ccc5c6ccccc6n(-c6ccccc6)c5c4)cc3)c(-c3ccccc3)cc2-c2ccc(N(c3ccccc3)c3ccc(C4CC5CCC4C5)cc3)cc2)cc1. The molecule has 12 aromatic rings. The van der Waals surface area contributed by atoms with E-state index >= 15 is 0 Å². The number of para-hydroxylation sites is 4. The maximum absolute atomic E-state index is 2.43. The van der Waals surface area contributed by atoms with Gasteiger partial charge in [-0.05, 0) is 190 Å². The van der Waals surface area contributed by atoms with Crippen LogP contribution in [0.25, 0.3) is 72.0 Å². The van der Waals surface area contributed by atoms with Crippen LogP contribution in [0.2, 0.25) is 0 Å². The Hall–Kier alpha value is -9.18. The van der Waals surface area contributed by atoms with Crippen LogP contribution in [0.3, 0.4) is 0 Å². The minimum atomic E-state index is 0.709. The molecule has 364 valence electrons. The molecule has 2 bridgehead atoms. The molecule has 3 nitrogen and oxygen atoms in total. The zero-order chi connectivity index (χ0) is 50.4. The molecule has 3 heteroatoms. The lowest BCUT2D eigenvalue weighted by atomic mass is 9.83. The Balaban J connectivity index is 0.862. The predicted octanol–water partition coefficient (Wildman–Crippen LogP) is 20.3. The van der Waals surface area contributed by atoms with Gasteiger partial charge in [0.25, 0.3) is 0 Å². The van der Waals surface area contributed by atoms with Crippen LogP contribution in [0.15, 0.2) is 279 Å². The second-order valence-electron chi connectivity index (χ2n) is 20.9. The van der Waals surface area contributed by atoms with Crippen LogP contribution in [0.5, 0.6) is 0 Å². The Morgan fingerprint density at radius 3 is 1.21 bits per heavy atom. The van der Waals surface area contributed by atoms with Crippen molar-refractivity contribution < 1.29 is 0 Å². The summed E-state index contributed by atoms with van der Waals surface area (Å²) in [6, 6.07) is 102. The molecule has 1 aromatic heterocycles. The standard InChI is InChI=1S/C73H57N3/c1-6-18-52(19-7-1)68-50-71(56-36-42-63(43-37-56)75(59-24-12-4-13-25-59)64-44-45-66-65-28-16-17-29-72(65)76(73(66)48-64)60-26-14-5-15-27-60)69(53-20-8-2-9-21-53)49-70(68)55-34-40-62(41-35-55)74(58-22-10-3-11-23-58)61-38-32-54(33-39-61)67-47-51-30-31-57(67)46-51/h1-29,32-45,48-51,57,67H,30-31,46-47H2. The van der Waals surface area contributed by atoms with Crippen LogP contribution in [-0.2, 0) is 0 Å². The molecule has 0 amide bonds. The summed E-state index contributed by atoms with van der Waals surface area (Å²) in [5.41, 5.74) is 21.2. The number of aromatic nitrogens is 1. The van der Waals surface area contributed by atoms with E-state index in [1.807, 2.05) is 0 Å². The fourth-order valence-corrected chi connectivity index (χ4v) is 12.9. The average molecular weight is 976 g/mol. The first-order valence-electron chi connectivity index (χ1n) is 27.1.